The molecule has 3 nitrogen and oxygen atoms in total. The van der Waals surface area contributed by atoms with E-state index in [0.717, 1.165) is 25.7 Å². The van der Waals surface area contributed by atoms with E-state index < -0.39 is 24.1 Å². The highest BCUT2D eigenvalue weighted by atomic mass is 19.3. The summed E-state index contributed by atoms with van der Waals surface area (Å²) in [4.78, 5) is 11.3. The number of carbonyl (C=O) groups excluding carboxylic acids is 1. The van der Waals surface area contributed by atoms with E-state index in [1.807, 2.05) is 0 Å². The first-order chi connectivity index (χ1) is 8.36. The first kappa shape index (κ1) is 12.3. The van der Waals surface area contributed by atoms with Gasteiger partial charge < -0.3 is 9.84 Å². The van der Waals surface area contributed by atoms with Gasteiger partial charge in [0.05, 0.1) is 6.10 Å². The summed E-state index contributed by atoms with van der Waals surface area (Å²) in [5, 5.41) is 10.1. The second-order valence-electron chi connectivity index (χ2n) is 6.24. The van der Waals surface area contributed by atoms with Gasteiger partial charge in [-0.15, -0.1) is 0 Å². The maximum absolute atomic E-state index is 12.9. The van der Waals surface area contributed by atoms with Crippen molar-refractivity contribution < 1.29 is 23.4 Å². The lowest BCUT2D eigenvalue weighted by molar-refractivity contribution is -0.208. The zero-order valence-electron chi connectivity index (χ0n) is 10.3. The van der Waals surface area contributed by atoms with E-state index in [1.54, 1.807) is 0 Å². The molecule has 0 aromatic heterocycles. The topological polar surface area (TPSA) is 46.5 Å². The summed E-state index contributed by atoms with van der Waals surface area (Å²) in [5.41, 5.74) is 0. The maximum Gasteiger partial charge on any atom is 0.376 e. The van der Waals surface area contributed by atoms with Crippen LogP contribution in [-0.4, -0.2) is 29.2 Å². The third kappa shape index (κ3) is 1.83. The number of halogens is 2. The number of hydrogen-bond donors (Lipinski definition) is 1. The standard InChI is InChI=1S/C13H18F2O3/c1-13(14,15)12(17)18-11-8-3-6-2-7(5-8)10(16)9(11)4-6/h6-11,16H,2-5H2,1H3. The van der Waals surface area contributed by atoms with Crippen LogP contribution in [0.2, 0.25) is 0 Å². The van der Waals surface area contributed by atoms with Crippen LogP contribution in [0.5, 0.6) is 0 Å². The molecule has 0 amide bonds. The second-order valence-corrected chi connectivity index (χ2v) is 6.24. The van der Waals surface area contributed by atoms with Gasteiger partial charge in [0.15, 0.2) is 0 Å². The van der Waals surface area contributed by atoms with Gasteiger partial charge >= 0.3 is 11.9 Å². The third-order valence-corrected chi connectivity index (χ3v) is 4.89. The fraction of sp³-hybridized carbons (Fsp3) is 0.923. The molecule has 0 spiro atoms. The van der Waals surface area contributed by atoms with E-state index in [2.05, 4.69) is 0 Å². The van der Waals surface area contributed by atoms with Crippen molar-refractivity contribution in [3.8, 4) is 0 Å². The van der Waals surface area contributed by atoms with Crippen molar-refractivity contribution in [3.63, 3.8) is 0 Å². The fourth-order valence-electron chi connectivity index (χ4n) is 4.24. The van der Waals surface area contributed by atoms with Gasteiger partial charge in [0.2, 0.25) is 0 Å². The monoisotopic (exact) mass is 260 g/mol. The number of aliphatic hydroxyl groups is 1. The summed E-state index contributed by atoms with van der Waals surface area (Å²) >= 11 is 0. The molecule has 0 saturated heterocycles. The van der Waals surface area contributed by atoms with Gasteiger partial charge in [-0.2, -0.15) is 8.78 Å². The van der Waals surface area contributed by atoms with Crippen molar-refractivity contribution in [2.75, 3.05) is 0 Å². The smallest absolute Gasteiger partial charge is 0.376 e. The molecule has 4 fully saturated rings. The summed E-state index contributed by atoms with van der Waals surface area (Å²) in [6.07, 6.45) is 2.61. The van der Waals surface area contributed by atoms with Gasteiger partial charge in [-0.05, 0) is 43.4 Å². The van der Waals surface area contributed by atoms with Crippen molar-refractivity contribution in [2.45, 2.75) is 50.7 Å². The Morgan fingerprint density at radius 2 is 1.89 bits per heavy atom. The summed E-state index contributed by atoms with van der Waals surface area (Å²) in [6.45, 7) is 0.557. The van der Waals surface area contributed by atoms with Crippen LogP contribution in [0.15, 0.2) is 0 Å². The average molecular weight is 260 g/mol. The molecule has 4 aliphatic carbocycles. The van der Waals surface area contributed by atoms with Crippen molar-refractivity contribution in [2.24, 2.45) is 23.7 Å². The molecule has 18 heavy (non-hydrogen) atoms. The minimum Gasteiger partial charge on any atom is -0.457 e. The molecule has 4 aliphatic rings. The molecular weight excluding hydrogens is 242 g/mol. The van der Waals surface area contributed by atoms with Crippen LogP contribution < -0.4 is 0 Å². The van der Waals surface area contributed by atoms with Gasteiger partial charge in [0.25, 0.3) is 0 Å². The lowest BCUT2D eigenvalue weighted by atomic mass is 9.53. The highest BCUT2D eigenvalue weighted by Crippen LogP contribution is 2.54. The number of esters is 1. The molecule has 6 unspecified atom stereocenters. The SMILES string of the molecule is CC(F)(F)C(=O)OC1C2CC3CC(C2)C(O)C1C3. The van der Waals surface area contributed by atoms with E-state index in [-0.39, 0.29) is 17.8 Å². The zero-order valence-corrected chi connectivity index (χ0v) is 10.3. The predicted octanol–water partition coefficient (Wildman–Crippen LogP) is 1.98. The van der Waals surface area contributed by atoms with Crippen LogP contribution >= 0.6 is 0 Å². The van der Waals surface area contributed by atoms with Gasteiger partial charge in [-0.3, -0.25) is 0 Å². The number of aliphatic hydroxyl groups excluding tert-OH is 1. The first-order valence-electron chi connectivity index (χ1n) is 6.63. The Kier molecular flexibility index (Phi) is 2.66. The molecule has 0 aromatic carbocycles. The molecule has 0 aliphatic heterocycles. The zero-order chi connectivity index (χ0) is 13.1. The average Bonchev–Trinajstić information content (AvgIpc) is 2.27. The Labute approximate surface area is 105 Å². The quantitative estimate of drug-likeness (QED) is 0.772. The van der Waals surface area contributed by atoms with Crippen molar-refractivity contribution in [1.29, 1.82) is 0 Å². The molecule has 0 radical (unpaired) electrons. The largest absolute Gasteiger partial charge is 0.457 e. The molecule has 0 heterocycles. The Bertz CT molecular complexity index is 366. The van der Waals surface area contributed by atoms with Gasteiger partial charge in [-0.1, -0.05) is 0 Å². The van der Waals surface area contributed by atoms with E-state index in [9.17, 15) is 18.7 Å². The fourth-order valence-corrected chi connectivity index (χ4v) is 4.24. The Morgan fingerprint density at radius 3 is 2.56 bits per heavy atom. The molecule has 4 bridgehead atoms. The van der Waals surface area contributed by atoms with E-state index in [4.69, 9.17) is 4.74 Å². The minimum atomic E-state index is -3.44. The highest BCUT2D eigenvalue weighted by Gasteiger charge is 2.55. The Balaban J connectivity index is 1.75. The predicted molar refractivity (Wildman–Crippen MR) is 58.9 cm³/mol. The normalized spacial score (nSPS) is 46.2. The van der Waals surface area contributed by atoms with E-state index >= 15 is 0 Å². The molecule has 0 aromatic rings. The summed E-state index contributed by atoms with van der Waals surface area (Å²) < 4.78 is 30.8. The van der Waals surface area contributed by atoms with E-state index in [1.165, 1.54) is 0 Å². The van der Waals surface area contributed by atoms with Gasteiger partial charge in [0.1, 0.15) is 6.10 Å². The highest BCUT2D eigenvalue weighted by molar-refractivity contribution is 5.77. The minimum absolute atomic E-state index is 0.132. The first-order valence-corrected chi connectivity index (χ1v) is 6.63. The van der Waals surface area contributed by atoms with Crippen LogP contribution in [0.3, 0.4) is 0 Å². The van der Waals surface area contributed by atoms with Crippen LogP contribution in [0.25, 0.3) is 0 Å². The second kappa shape index (κ2) is 3.89. The summed E-state index contributed by atoms with van der Waals surface area (Å²) in [7, 11) is 0. The molecule has 4 saturated carbocycles. The number of alkyl halides is 2. The van der Waals surface area contributed by atoms with Crippen molar-refractivity contribution >= 4 is 5.97 Å². The number of hydrogen-bond acceptors (Lipinski definition) is 3. The molecule has 4 rings (SSSR count). The summed E-state index contributed by atoms with van der Waals surface area (Å²) in [5.74, 6) is -4.00. The number of rotatable bonds is 2. The Hall–Kier alpha value is -0.710. The van der Waals surface area contributed by atoms with Crippen LogP contribution in [0.1, 0.15) is 32.6 Å². The molecule has 5 heteroatoms. The number of carbonyl (C=O) groups is 1. The van der Waals surface area contributed by atoms with Crippen LogP contribution in [0.4, 0.5) is 8.78 Å². The van der Waals surface area contributed by atoms with Crippen molar-refractivity contribution in [3.05, 3.63) is 0 Å². The molecule has 6 atom stereocenters. The van der Waals surface area contributed by atoms with Crippen LogP contribution in [-0.2, 0) is 9.53 Å². The lowest BCUT2D eigenvalue weighted by Crippen LogP contribution is -2.57. The molecule has 102 valence electrons. The number of ether oxygens (including phenoxy) is 1. The molecule has 1 N–H and O–H groups in total. The van der Waals surface area contributed by atoms with Gasteiger partial charge in [0, 0.05) is 12.8 Å². The summed E-state index contributed by atoms with van der Waals surface area (Å²) in [6, 6.07) is 0. The third-order valence-electron chi connectivity index (χ3n) is 4.89. The Morgan fingerprint density at radius 1 is 1.22 bits per heavy atom. The van der Waals surface area contributed by atoms with Crippen molar-refractivity contribution in [1.82, 2.24) is 0 Å². The lowest BCUT2D eigenvalue weighted by Gasteiger charge is -2.55. The molecular formula is C13H18F2O3. The maximum atomic E-state index is 12.9. The van der Waals surface area contributed by atoms with Gasteiger partial charge in [-0.25, -0.2) is 4.79 Å². The van der Waals surface area contributed by atoms with Crippen LogP contribution in [0, 0.1) is 23.7 Å². The van der Waals surface area contributed by atoms with E-state index in [0.29, 0.717) is 12.8 Å².